The molecule has 1 aliphatic rings. The van der Waals surface area contributed by atoms with Gasteiger partial charge in [-0.05, 0) is 44.9 Å². The molecule has 0 aliphatic carbocycles. The number of hydrogen-bond donors (Lipinski definition) is 7. The SMILES string of the molecule is CC.CC.CC.CC.CC.CCC(=O)NCCCCC(O)CO.CCNC(=O)CNC(=O)C(NC(=O)CNC(=O)CCCCCN1C(=O)C=CC1=O)C(C)C. The van der Waals surface area contributed by atoms with Gasteiger partial charge in [0, 0.05) is 44.6 Å². The molecule has 2 unspecified atom stereocenters. The van der Waals surface area contributed by atoms with Gasteiger partial charge in [0.25, 0.3) is 11.8 Å². The molecule has 1 aliphatic heterocycles. The molecule has 55 heavy (non-hydrogen) atoms. The summed E-state index contributed by atoms with van der Waals surface area (Å²) in [4.78, 5) is 82.6. The third-order valence-corrected chi connectivity index (χ3v) is 6.51. The maximum atomic E-state index is 12.3. The van der Waals surface area contributed by atoms with E-state index in [0.29, 0.717) is 51.7 Å². The minimum absolute atomic E-state index is 0.0581. The van der Waals surface area contributed by atoms with Gasteiger partial charge in [-0.3, -0.25) is 38.5 Å². The number of nitrogens with zero attached hydrogens (tertiary/aromatic N) is 1. The van der Waals surface area contributed by atoms with Crippen LogP contribution in [0.4, 0.5) is 0 Å². The van der Waals surface area contributed by atoms with Gasteiger partial charge < -0.3 is 36.8 Å². The standard InChI is InChI=1S/C21H33N5O6.C9H19NO3.5C2H6/c1-4-22-16(28)12-24-21(32)20(14(2)3)25-17(29)13-23-15(27)8-6-5-7-11-26-18(30)9-10-19(26)31;1-2-9(13)10-6-4-3-5-8(12)7-11;5*1-2/h9-10,14,20H,4-8,11-13H2,1-3H3,(H,22,28)(H,23,27)(H,24,32)(H,25,29);8,11-12H,2-7H2,1H3,(H,10,13);5*1-2H3. The van der Waals surface area contributed by atoms with Crippen LogP contribution in [0.1, 0.15) is 148 Å². The number of likely N-dealkylation sites (N-methyl/N-ethyl adjacent to an activating group) is 1. The minimum Gasteiger partial charge on any atom is -0.394 e. The fourth-order valence-electron chi connectivity index (χ4n) is 3.90. The molecule has 326 valence electrons. The number of aliphatic hydroxyl groups is 2. The maximum Gasteiger partial charge on any atom is 0.253 e. The highest BCUT2D eigenvalue weighted by Crippen LogP contribution is 2.08. The molecule has 0 fully saturated rings. The second kappa shape index (κ2) is 48.2. The Morgan fingerprint density at radius 2 is 1.18 bits per heavy atom. The van der Waals surface area contributed by atoms with E-state index < -0.39 is 24.0 Å². The summed E-state index contributed by atoms with van der Waals surface area (Å²) in [5, 5.41) is 30.3. The molecular formula is C40H82N6O9. The highest BCUT2D eigenvalue weighted by atomic mass is 16.3. The lowest BCUT2D eigenvalue weighted by Gasteiger charge is -2.21. The van der Waals surface area contributed by atoms with Gasteiger partial charge in [-0.25, -0.2) is 0 Å². The monoisotopic (exact) mass is 791 g/mol. The summed E-state index contributed by atoms with van der Waals surface area (Å²) in [5.74, 6) is -2.42. The zero-order chi connectivity index (χ0) is 44.2. The van der Waals surface area contributed by atoms with Crippen molar-refractivity contribution in [3.63, 3.8) is 0 Å². The first-order valence-corrected chi connectivity index (χ1v) is 20.6. The van der Waals surface area contributed by atoms with E-state index in [0.717, 1.165) is 17.7 Å². The number of unbranched alkanes of at least 4 members (excludes halogenated alkanes) is 3. The van der Waals surface area contributed by atoms with Gasteiger partial charge in [0.2, 0.25) is 29.5 Å². The van der Waals surface area contributed by atoms with Gasteiger partial charge in [0.1, 0.15) is 6.04 Å². The van der Waals surface area contributed by atoms with Crippen molar-refractivity contribution < 1.29 is 43.8 Å². The Hall–Kier alpha value is -3.85. The van der Waals surface area contributed by atoms with E-state index in [4.69, 9.17) is 10.2 Å². The molecular weight excluding hydrogens is 708 g/mol. The van der Waals surface area contributed by atoms with Gasteiger partial charge >= 0.3 is 0 Å². The number of nitrogens with one attached hydrogen (secondary N) is 5. The summed E-state index contributed by atoms with van der Waals surface area (Å²) in [6, 6.07) is -0.834. The Morgan fingerprint density at radius 1 is 0.655 bits per heavy atom. The quantitative estimate of drug-likeness (QED) is 0.0655. The third-order valence-electron chi connectivity index (χ3n) is 6.51. The number of imide groups is 1. The number of carbonyl (C=O) groups excluding carboxylic acids is 7. The topological polar surface area (TPSA) is 223 Å². The van der Waals surface area contributed by atoms with Gasteiger partial charge in [-0.15, -0.1) is 0 Å². The van der Waals surface area contributed by atoms with Crippen molar-refractivity contribution in [3.05, 3.63) is 12.2 Å². The van der Waals surface area contributed by atoms with Gasteiger partial charge in [0.15, 0.2) is 0 Å². The molecule has 2 atom stereocenters. The lowest BCUT2D eigenvalue weighted by Crippen LogP contribution is -2.53. The van der Waals surface area contributed by atoms with Gasteiger partial charge in [0.05, 0.1) is 25.8 Å². The Kier molecular flexibility index (Phi) is 55.3. The molecule has 0 radical (unpaired) electrons. The van der Waals surface area contributed by atoms with Crippen LogP contribution in [-0.4, -0.2) is 108 Å². The summed E-state index contributed by atoms with van der Waals surface area (Å²) >= 11 is 0. The minimum atomic E-state index is -0.834. The zero-order valence-corrected chi connectivity index (χ0v) is 37.0. The van der Waals surface area contributed by atoms with Crippen molar-refractivity contribution in [2.45, 2.75) is 160 Å². The molecule has 0 spiro atoms. The average Bonchev–Trinajstić information content (AvgIpc) is 3.54. The predicted molar refractivity (Wildman–Crippen MR) is 223 cm³/mol. The molecule has 0 aromatic carbocycles. The van der Waals surface area contributed by atoms with Crippen LogP contribution in [0.5, 0.6) is 0 Å². The molecule has 1 heterocycles. The van der Waals surface area contributed by atoms with Crippen LogP contribution in [0.3, 0.4) is 0 Å². The lowest BCUT2D eigenvalue weighted by atomic mass is 10.0. The smallest absolute Gasteiger partial charge is 0.253 e. The first-order valence-electron chi connectivity index (χ1n) is 20.6. The van der Waals surface area contributed by atoms with Crippen LogP contribution in [0.2, 0.25) is 0 Å². The average molecular weight is 791 g/mol. The second-order valence-corrected chi connectivity index (χ2v) is 10.7. The number of aliphatic hydroxyl groups excluding tert-OH is 2. The Morgan fingerprint density at radius 3 is 1.65 bits per heavy atom. The molecule has 0 saturated carbocycles. The zero-order valence-electron chi connectivity index (χ0n) is 37.0. The molecule has 15 heteroatoms. The van der Waals surface area contributed by atoms with E-state index in [2.05, 4.69) is 26.6 Å². The van der Waals surface area contributed by atoms with Crippen LogP contribution in [0.25, 0.3) is 0 Å². The van der Waals surface area contributed by atoms with E-state index in [1.807, 2.05) is 76.2 Å². The summed E-state index contributed by atoms with van der Waals surface area (Å²) in [6.45, 7) is 27.9. The molecule has 7 N–H and O–H groups in total. The highest BCUT2D eigenvalue weighted by molar-refractivity contribution is 6.12. The predicted octanol–water partition coefficient (Wildman–Crippen LogP) is 4.15. The third kappa shape index (κ3) is 39.7. The Balaban J connectivity index is -0.000000217. The summed E-state index contributed by atoms with van der Waals surface area (Å²) < 4.78 is 0. The fourth-order valence-corrected chi connectivity index (χ4v) is 3.90. The van der Waals surface area contributed by atoms with E-state index in [9.17, 15) is 33.6 Å². The summed E-state index contributed by atoms with van der Waals surface area (Å²) in [5.41, 5.74) is 0. The first-order chi connectivity index (χ1) is 26.4. The number of carbonyl (C=O) groups is 7. The molecule has 0 aromatic rings. The first kappa shape index (κ1) is 63.1. The van der Waals surface area contributed by atoms with E-state index in [1.54, 1.807) is 20.8 Å². The van der Waals surface area contributed by atoms with E-state index >= 15 is 0 Å². The van der Waals surface area contributed by atoms with Crippen LogP contribution in [0.15, 0.2) is 12.2 Å². The molecule has 7 amide bonds. The van der Waals surface area contributed by atoms with Crippen molar-refractivity contribution >= 4 is 41.4 Å². The largest absolute Gasteiger partial charge is 0.394 e. The van der Waals surface area contributed by atoms with Gasteiger partial charge in [-0.2, -0.15) is 0 Å². The van der Waals surface area contributed by atoms with Crippen molar-refractivity contribution in [3.8, 4) is 0 Å². The number of hydrogen-bond acceptors (Lipinski definition) is 9. The molecule has 0 bridgehead atoms. The van der Waals surface area contributed by atoms with Gasteiger partial charge in [-0.1, -0.05) is 96.4 Å². The number of amides is 7. The van der Waals surface area contributed by atoms with Crippen LogP contribution < -0.4 is 26.6 Å². The number of rotatable bonds is 21. The molecule has 0 saturated heterocycles. The highest BCUT2D eigenvalue weighted by Gasteiger charge is 2.25. The van der Waals surface area contributed by atoms with Crippen molar-refractivity contribution in [2.24, 2.45) is 5.92 Å². The molecule has 0 aromatic heterocycles. The van der Waals surface area contributed by atoms with Crippen LogP contribution in [0, 0.1) is 5.92 Å². The summed E-state index contributed by atoms with van der Waals surface area (Å²) in [6.07, 6.45) is 6.64. The Labute approximate surface area is 334 Å². The lowest BCUT2D eigenvalue weighted by molar-refractivity contribution is -0.137. The van der Waals surface area contributed by atoms with Crippen molar-refractivity contribution in [1.82, 2.24) is 31.5 Å². The van der Waals surface area contributed by atoms with E-state index in [1.165, 1.54) is 12.2 Å². The van der Waals surface area contributed by atoms with Crippen LogP contribution >= 0.6 is 0 Å². The maximum absolute atomic E-state index is 12.3. The second-order valence-electron chi connectivity index (χ2n) is 10.7. The normalized spacial score (nSPS) is 11.5. The van der Waals surface area contributed by atoms with Crippen LogP contribution in [-0.2, 0) is 33.6 Å². The van der Waals surface area contributed by atoms with Crippen molar-refractivity contribution in [1.29, 1.82) is 0 Å². The van der Waals surface area contributed by atoms with Crippen molar-refractivity contribution in [2.75, 3.05) is 39.3 Å². The summed E-state index contributed by atoms with van der Waals surface area (Å²) in [7, 11) is 0. The van der Waals surface area contributed by atoms with E-state index in [-0.39, 0.29) is 61.6 Å². The fraction of sp³-hybridized carbons (Fsp3) is 0.775. The Bertz CT molecular complexity index is 990. The molecule has 15 nitrogen and oxygen atoms in total. The molecule has 1 rings (SSSR count).